The van der Waals surface area contributed by atoms with Crippen molar-refractivity contribution in [3.8, 4) is 0 Å². The number of rotatable bonds is 19. The topological polar surface area (TPSA) is 55.5 Å². The molecule has 0 aliphatic carbocycles. The van der Waals surface area contributed by atoms with Gasteiger partial charge in [-0.25, -0.2) is 0 Å². The van der Waals surface area contributed by atoms with Crippen LogP contribution in [-0.2, 0) is 0 Å². The highest BCUT2D eigenvalue weighted by Crippen LogP contribution is 2.23. The second-order valence-electron chi connectivity index (χ2n) is 8.41. The first kappa shape index (κ1) is 28.4. The lowest BCUT2D eigenvalue weighted by atomic mass is 9.89. The fraction of sp³-hybridized carbons (Fsp3) is 0.875. The van der Waals surface area contributed by atoms with E-state index in [1.54, 1.807) is 0 Å². The monoisotopic (exact) mass is 430 g/mol. The molecular formula is C24H47ClN2O2. The molecule has 0 aromatic carbocycles. The zero-order valence-electron chi connectivity index (χ0n) is 18.9. The molecule has 1 aliphatic rings. The highest BCUT2D eigenvalue weighted by molar-refractivity contribution is 5.50. The average molecular weight is 431 g/mol. The number of hydrogen-bond acceptors (Lipinski definition) is 3. The summed E-state index contributed by atoms with van der Waals surface area (Å²) in [6.07, 6.45) is 25.5. The lowest BCUT2D eigenvalue weighted by Crippen LogP contribution is -3.00. The van der Waals surface area contributed by atoms with E-state index in [1.165, 1.54) is 77.0 Å². The first-order valence-corrected chi connectivity index (χ1v) is 12.0. The quantitative estimate of drug-likeness (QED) is 0.166. The lowest BCUT2D eigenvalue weighted by molar-refractivity contribution is -0.587. The number of aliphatic hydroxyl groups is 2. The number of hydrogen-bond donors (Lipinski definition) is 3. The van der Waals surface area contributed by atoms with Gasteiger partial charge in [0.25, 0.3) is 0 Å². The van der Waals surface area contributed by atoms with Gasteiger partial charge in [-0.05, 0) is 18.9 Å². The van der Waals surface area contributed by atoms with Crippen molar-refractivity contribution in [3.63, 3.8) is 0 Å². The number of aliphatic hydroxyl groups excluding tert-OH is 2. The molecule has 4 nitrogen and oxygen atoms in total. The fourth-order valence-corrected chi connectivity index (χ4v) is 4.24. The van der Waals surface area contributed by atoms with Crippen LogP contribution in [0.5, 0.6) is 0 Å². The Balaban J connectivity index is 0.00000784. The molecule has 0 spiro atoms. The SMILES string of the molecule is CCCCCCCCCCCCCCC=CC(CCO)(CCO)[N+]1=CNCC1.[Cl-]. The van der Waals surface area contributed by atoms with Crippen LogP contribution in [0.25, 0.3) is 0 Å². The normalized spacial score (nSPS) is 14.1. The van der Waals surface area contributed by atoms with Crippen LogP contribution in [0.15, 0.2) is 12.2 Å². The highest BCUT2D eigenvalue weighted by atomic mass is 35.5. The summed E-state index contributed by atoms with van der Waals surface area (Å²) < 4.78 is 2.25. The molecule has 3 N–H and O–H groups in total. The average Bonchev–Trinajstić information content (AvgIpc) is 3.24. The third kappa shape index (κ3) is 12.7. The van der Waals surface area contributed by atoms with Crippen LogP contribution in [0.4, 0.5) is 0 Å². The van der Waals surface area contributed by atoms with E-state index < -0.39 is 0 Å². The molecule has 0 aromatic rings. The molecule has 1 heterocycles. The number of allylic oxidation sites excluding steroid dienone is 1. The van der Waals surface area contributed by atoms with E-state index >= 15 is 0 Å². The Morgan fingerprint density at radius 2 is 1.38 bits per heavy atom. The van der Waals surface area contributed by atoms with Crippen LogP contribution < -0.4 is 17.7 Å². The Morgan fingerprint density at radius 3 is 1.83 bits per heavy atom. The molecule has 0 bridgehead atoms. The van der Waals surface area contributed by atoms with Crippen LogP contribution in [0, 0.1) is 0 Å². The molecule has 172 valence electrons. The Morgan fingerprint density at radius 1 is 0.862 bits per heavy atom. The molecule has 0 atom stereocenters. The molecule has 0 saturated carbocycles. The maximum Gasteiger partial charge on any atom is 0.232 e. The summed E-state index contributed by atoms with van der Waals surface area (Å²) in [6, 6.07) is 0. The zero-order chi connectivity index (χ0) is 20.3. The van der Waals surface area contributed by atoms with Crippen molar-refractivity contribution in [2.75, 3.05) is 26.3 Å². The molecule has 29 heavy (non-hydrogen) atoms. The Kier molecular flexibility index (Phi) is 19.0. The molecule has 0 radical (unpaired) electrons. The van der Waals surface area contributed by atoms with E-state index in [2.05, 4.69) is 29.0 Å². The van der Waals surface area contributed by atoms with Gasteiger partial charge in [0.05, 0.1) is 0 Å². The van der Waals surface area contributed by atoms with E-state index in [1.807, 2.05) is 6.34 Å². The Hall–Kier alpha value is -0.580. The molecule has 0 aromatic heterocycles. The summed E-state index contributed by atoms with van der Waals surface area (Å²) in [5.74, 6) is 0. The molecule has 0 amide bonds. The molecular weight excluding hydrogens is 384 g/mol. The van der Waals surface area contributed by atoms with Gasteiger partial charge >= 0.3 is 0 Å². The van der Waals surface area contributed by atoms with Gasteiger partial charge in [0.15, 0.2) is 0 Å². The Labute approximate surface area is 186 Å². The van der Waals surface area contributed by atoms with Crippen molar-refractivity contribution in [2.24, 2.45) is 0 Å². The minimum absolute atomic E-state index is 0. The maximum absolute atomic E-state index is 9.53. The van der Waals surface area contributed by atoms with Crippen molar-refractivity contribution in [1.29, 1.82) is 0 Å². The molecule has 0 fully saturated rings. The van der Waals surface area contributed by atoms with Gasteiger partial charge in [0.2, 0.25) is 6.34 Å². The van der Waals surface area contributed by atoms with Gasteiger partial charge in [-0.2, -0.15) is 0 Å². The first-order chi connectivity index (χ1) is 13.8. The third-order valence-electron chi connectivity index (χ3n) is 6.06. The van der Waals surface area contributed by atoms with Crippen molar-refractivity contribution in [1.82, 2.24) is 5.32 Å². The summed E-state index contributed by atoms with van der Waals surface area (Å²) in [5.41, 5.74) is -0.246. The van der Waals surface area contributed by atoms with Gasteiger partial charge in [0, 0.05) is 26.1 Å². The minimum Gasteiger partial charge on any atom is -1.00 e. The second-order valence-corrected chi connectivity index (χ2v) is 8.41. The van der Waals surface area contributed by atoms with Crippen LogP contribution in [0.2, 0.25) is 0 Å². The highest BCUT2D eigenvalue weighted by Gasteiger charge is 2.35. The fourth-order valence-electron chi connectivity index (χ4n) is 4.24. The molecule has 5 heteroatoms. The Bertz CT molecular complexity index is 421. The van der Waals surface area contributed by atoms with Crippen molar-refractivity contribution in [3.05, 3.63) is 12.2 Å². The van der Waals surface area contributed by atoms with Crippen molar-refractivity contribution >= 4 is 6.34 Å². The van der Waals surface area contributed by atoms with Gasteiger partial charge in [0.1, 0.15) is 18.6 Å². The van der Waals surface area contributed by atoms with E-state index in [0.29, 0.717) is 12.8 Å². The van der Waals surface area contributed by atoms with Gasteiger partial charge in [-0.1, -0.05) is 83.6 Å². The molecule has 0 unspecified atom stereocenters. The summed E-state index contributed by atoms with van der Waals surface area (Å²) in [6.45, 7) is 4.44. The van der Waals surface area contributed by atoms with E-state index in [0.717, 1.165) is 19.5 Å². The summed E-state index contributed by atoms with van der Waals surface area (Å²) >= 11 is 0. The van der Waals surface area contributed by atoms with E-state index in [-0.39, 0.29) is 31.2 Å². The van der Waals surface area contributed by atoms with Crippen molar-refractivity contribution < 1.29 is 27.2 Å². The van der Waals surface area contributed by atoms with Gasteiger partial charge in [-0.3, -0.25) is 9.89 Å². The summed E-state index contributed by atoms with van der Waals surface area (Å²) in [5, 5.41) is 22.3. The standard InChI is InChI=1S/C24H46N2O2.ClH/c1-2-3-4-5-6-7-8-9-10-11-12-13-14-15-16-24(17-21-27,18-22-28)26-20-19-25-23-26;/h15-16,23,27-28H,2-14,17-22H2,1H3;1H. The summed E-state index contributed by atoms with van der Waals surface area (Å²) in [4.78, 5) is 0. The molecule has 0 saturated heterocycles. The van der Waals surface area contributed by atoms with Gasteiger partial charge < -0.3 is 22.6 Å². The summed E-state index contributed by atoms with van der Waals surface area (Å²) in [7, 11) is 0. The smallest absolute Gasteiger partial charge is 0.232 e. The third-order valence-corrected chi connectivity index (χ3v) is 6.06. The first-order valence-electron chi connectivity index (χ1n) is 12.0. The lowest BCUT2D eigenvalue weighted by Gasteiger charge is -2.28. The predicted octanol–water partition coefficient (Wildman–Crippen LogP) is 1.79. The van der Waals surface area contributed by atoms with Crippen LogP contribution in [0.1, 0.15) is 103 Å². The predicted molar refractivity (Wildman–Crippen MR) is 120 cm³/mol. The second kappa shape index (κ2) is 19.4. The zero-order valence-corrected chi connectivity index (χ0v) is 19.6. The number of nitrogens with zero attached hydrogens (tertiary/aromatic N) is 1. The van der Waals surface area contributed by atoms with E-state index in [9.17, 15) is 10.2 Å². The molecule has 1 aliphatic heterocycles. The number of halogens is 1. The number of nitrogens with one attached hydrogen (secondary N) is 1. The van der Waals surface area contributed by atoms with E-state index in [4.69, 9.17) is 0 Å². The number of unbranched alkanes of at least 4 members (excludes halogenated alkanes) is 12. The van der Waals surface area contributed by atoms with Crippen molar-refractivity contribution in [2.45, 2.75) is 109 Å². The van der Waals surface area contributed by atoms with Crippen LogP contribution in [-0.4, -0.2) is 53.0 Å². The van der Waals surface area contributed by atoms with Crippen LogP contribution >= 0.6 is 0 Å². The largest absolute Gasteiger partial charge is 1.00 e. The molecule has 1 rings (SSSR count). The maximum atomic E-state index is 9.53. The van der Waals surface area contributed by atoms with Gasteiger partial charge in [-0.15, -0.1) is 0 Å². The van der Waals surface area contributed by atoms with Crippen LogP contribution in [0.3, 0.4) is 0 Å². The minimum atomic E-state index is -0.246.